The number of aldehydes is 1. The SMILES string of the molecule is CC(=O)SCC=Cc1cc(F)cc(C=O)c1. The molecule has 0 unspecified atom stereocenters. The molecular formula is C12H11FO2S. The highest BCUT2D eigenvalue weighted by Gasteiger charge is 1.97. The molecule has 0 bridgehead atoms. The zero-order valence-corrected chi connectivity index (χ0v) is 9.59. The fraction of sp³-hybridized carbons (Fsp3) is 0.167. The van der Waals surface area contributed by atoms with E-state index in [1.807, 2.05) is 0 Å². The van der Waals surface area contributed by atoms with Crippen molar-refractivity contribution in [3.8, 4) is 0 Å². The number of benzene rings is 1. The van der Waals surface area contributed by atoms with Crippen molar-refractivity contribution >= 4 is 29.2 Å². The highest BCUT2D eigenvalue weighted by Crippen LogP contribution is 2.10. The van der Waals surface area contributed by atoms with Crippen molar-refractivity contribution in [2.24, 2.45) is 0 Å². The summed E-state index contributed by atoms with van der Waals surface area (Å²) in [6.45, 7) is 1.49. The second-order valence-electron chi connectivity index (χ2n) is 3.14. The fourth-order valence-corrected chi connectivity index (χ4v) is 1.58. The molecule has 2 nitrogen and oxygen atoms in total. The first-order valence-electron chi connectivity index (χ1n) is 4.67. The summed E-state index contributed by atoms with van der Waals surface area (Å²) >= 11 is 1.18. The highest BCUT2D eigenvalue weighted by molar-refractivity contribution is 8.13. The molecule has 16 heavy (non-hydrogen) atoms. The second kappa shape index (κ2) is 6.23. The first-order valence-corrected chi connectivity index (χ1v) is 5.66. The maximum Gasteiger partial charge on any atom is 0.186 e. The van der Waals surface area contributed by atoms with E-state index in [4.69, 9.17) is 0 Å². The fourth-order valence-electron chi connectivity index (χ4n) is 1.15. The molecule has 0 aromatic heterocycles. The lowest BCUT2D eigenvalue weighted by Gasteiger charge is -1.96. The third-order valence-corrected chi connectivity index (χ3v) is 2.54. The molecule has 1 rings (SSSR count). The van der Waals surface area contributed by atoms with Crippen LogP contribution in [0.25, 0.3) is 6.08 Å². The van der Waals surface area contributed by atoms with Gasteiger partial charge in [0.1, 0.15) is 12.1 Å². The van der Waals surface area contributed by atoms with Gasteiger partial charge in [0.25, 0.3) is 0 Å². The minimum absolute atomic E-state index is 0.0393. The third-order valence-electron chi connectivity index (χ3n) is 1.77. The van der Waals surface area contributed by atoms with Crippen LogP contribution < -0.4 is 0 Å². The van der Waals surface area contributed by atoms with Crippen molar-refractivity contribution < 1.29 is 14.0 Å². The molecule has 0 N–H and O–H groups in total. The number of hydrogen-bond acceptors (Lipinski definition) is 3. The van der Waals surface area contributed by atoms with Gasteiger partial charge in [0, 0.05) is 18.2 Å². The maximum absolute atomic E-state index is 13.0. The number of thioether (sulfide) groups is 1. The Morgan fingerprint density at radius 3 is 2.69 bits per heavy atom. The van der Waals surface area contributed by atoms with Crippen LogP contribution in [0.15, 0.2) is 24.3 Å². The molecule has 0 aliphatic heterocycles. The summed E-state index contributed by atoms with van der Waals surface area (Å²) in [5.41, 5.74) is 0.921. The Bertz CT molecular complexity index is 427. The predicted molar refractivity (Wildman–Crippen MR) is 64.0 cm³/mol. The Labute approximate surface area is 97.5 Å². The van der Waals surface area contributed by atoms with Crippen molar-refractivity contribution in [3.63, 3.8) is 0 Å². The van der Waals surface area contributed by atoms with Crippen LogP contribution in [-0.2, 0) is 4.79 Å². The van der Waals surface area contributed by atoms with E-state index in [0.717, 1.165) is 0 Å². The number of carbonyl (C=O) groups is 2. The van der Waals surface area contributed by atoms with E-state index in [1.165, 1.54) is 30.8 Å². The molecule has 0 radical (unpaired) electrons. The smallest absolute Gasteiger partial charge is 0.186 e. The van der Waals surface area contributed by atoms with Crippen LogP contribution >= 0.6 is 11.8 Å². The number of rotatable bonds is 4. The van der Waals surface area contributed by atoms with Gasteiger partial charge in [-0.05, 0) is 23.8 Å². The Hall–Kier alpha value is -1.42. The van der Waals surface area contributed by atoms with Crippen LogP contribution in [0.5, 0.6) is 0 Å². The van der Waals surface area contributed by atoms with Crippen molar-refractivity contribution in [2.75, 3.05) is 5.75 Å². The monoisotopic (exact) mass is 238 g/mol. The minimum Gasteiger partial charge on any atom is -0.298 e. The molecule has 1 aromatic rings. The summed E-state index contributed by atoms with van der Waals surface area (Å²) in [6, 6.07) is 4.10. The molecule has 0 aliphatic rings. The normalized spacial score (nSPS) is 10.6. The first-order chi connectivity index (χ1) is 7.61. The largest absolute Gasteiger partial charge is 0.298 e. The lowest BCUT2D eigenvalue weighted by atomic mass is 10.1. The van der Waals surface area contributed by atoms with Gasteiger partial charge in [0.2, 0.25) is 0 Å². The van der Waals surface area contributed by atoms with Gasteiger partial charge in [-0.15, -0.1) is 0 Å². The van der Waals surface area contributed by atoms with E-state index in [0.29, 0.717) is 23.2 Å². The quantitative estimate of drug-likeness (QED) is 0.756. The molecule has 0 aliphatic carbocycles. The van der Waals surface area contributed by atoms with Gasteiger partial charge in [-0.3, -0.25) is 9.59 Å². The molecule has 0 spiro atoms. The van der Waals surface area contributed by atoms with Crippen molar-refractivity contribution in [1.82, 2.24) is 0 Å². The molecule has 0 atom stereocenters. The number of hydrogen-bond donors (Lipinski definition) is 0. The molecule has 0 heterocycles. The van der Waals surface area contributed by atoms with E-state index in [9.17, 15) is 14.0 Å². The molecule has 0 amide bonds. The summed E-state index contributed by atoms with van der Waals surface area (Å²) in [7, 11) is 0. The van der Waals surface area contributed by atoms with Crippen molar-refractivity contribution in [3.05, 3.63) is 41.2 Å². The van der Waals surface area contributed by atoms with Gasteiger partial charge in [-0.25, -0.2) is 4.39 Å². The van der Waals surface area contributed by atoms with Crippen LogP contribution in [0, 0.1) is 5.82 Å². The van der Waals surface area contributed by atoms with Crippen molar-refractivity contribution in [1.29, 1.82) is 0 Å². The van der Waals surface area contributed by atoms with Gasteiger partial charge in [-0.1, -0.05) is 23.9 Å². The molecule has 0 saturated heterocycles. The van der Waals surface area contributed by atoms with Gasteiger partial charge >= 0.3 is 0 Å². The van der Waals surface area contributed by atoms with Crippen LogP contribution in [0.4, 0.5) is 4.39 Å². The molecule has 0 saturated carbocycles. The second-order valence-corrected chi connectivity index (χ2v) is 4.34. The lowest BCUT2D eigenvalue weighted by Crippen LogP contribution is -1.86. The molecule has 84 valence electrons. The predicted octanol–water partition coefficient (Wildman–Crippen LogP) is 2.93. The Morgan fingerprint density at radius 2 is 2.06 bits per heavy atom. The van der Waals surface area contributed by atoms with Crippen molar-refractivity contribution in [2.45, 2.75) is 6.92 Å². The Kier molecular flexibility index (Phi) is 4.92. The van der Waals surface area contributed by atoms with E-state index in [1.54, 1.807) is 18.2 Å². The average molecular weight is 238 g/mol. The van der Waals surface area contributed by atoms with Crippen LogP contribution in [-0.4, -0.2) is 17.2 Å². The minimum atomic E-state index is -0.441. The lowest BCUT2D eigenvalue weighted by molar-refractivity contribution is -0.109. The van der Waals surface area contributed by atoms with Crippen LogP contribution in [0.3, 0.4) is 0 Å². The van der Waals surface area contributed by atoms with E-state index < -0.39 is 5.82 Å². The molecular weight excluding hydrogens is 227 g/mol. The first kappa shape index (κ1) is 12.6. The summed E-state index contributed by atoms with van der Waals surface area (Å²) in [5.74, 6) is 0.103. The molecule has 4 heteroatoms. The van der Waals surface area contributed by atoms with Gasteiger partial charge in [-0.2, -0.15) is 0 Å². The van der Waals surface area contributed by atoms with E-state index in [-0.39, 0.29) is 5.12 Å². The summed E-state index contributed by atoms with van der Waals surface area (Å²) in [6.07, 6.45) is 4.05. The number of halogens is 1. The topological polar surface area (TPSA) is 34.1 Å². The summed E-state index contributed by atoms with van der Waals surface area (Å²) in [5, 5.41) is 0.0393. The van der Waals surface area contributed by atoms with Gasteiger partial charge in [0.15, 0.2) is 5.12 Å². The van der Waals surface area contributed by atoms with Gasteiger partial charge < -0.3 is 0 Å². The maximum atomic E-state index is 13.0. The standard InChI is InChI=1S/C12H11FO2S/c1-9(15)16-4-2-3-10-5-11(8-14)7-12(13)6-10/h2-3,5-8H,4H2,1H3. The summed E-state index contributed by atoms with van der Waals surface area (Å²) in [4.78, 5) is 21.1. The Morgan fingerprint density at radius 1 is 1.38 bits per heavy atom. The summed E-state index contributed by atoms with van der Waals surface area (Å²) < 4.78 is 13.0. The zero-order valence-electron chi connectivity index (χ0n) is 8.77. The molecule has 1 aromatic carbocycles. The van der Waals surface area contributed by atoms with Crippen LogP contribution in [0.1, 0.15) is 22.8 Å². The van der Waals surface area contributed by atoms with E-state index >= 15 is 0 Å². The highest BCUT2D eigenvalue weighted by atomic mass is 32.2. The van der Waals surface area contributed by atoms with Gasteiger partial charge in [0.05, 0.1) is 0 Å². The van der Waals surface area contributed by atoms with E-state index in [2.05, 4.69) is 0 Å². The Balaban J connectivity index is 2.69. The molecule has 0 fully saturated rings. The number of carbonyl (C=O) groups excluding carboxylic acids is 2. The third kappa shape index (κ3) is 4.40. The van der Waals surface area contributed by atoms with Crippen LogP contribution in [0.2, 0.25) is 0 Å². The zero-order chi connectivity index (χ0) is 12.0. The average Bonchev–Trinajstić information content (AvgIpc) is 2.23.